The van der Waals surface area contributed by atoms with Crippen molar-refractivity contribution in [1.82, 2.24) is 0 Å². The van der Waals surface area contributed by atoms with E-state index in [-0.39, 0.29) is 0 Å². The van der Waals surface area contributed by atoms with E-state index in [0.717, 1.165) is 0 Å². The van der Waals surface area contributed by atoms with Crippen molar-refractivity contribution in [2.45, 2.75) is 33.2 Å². The minimum atomic E-state index is -6.09. The first-order valence-electron chi connectivity index (χ1n) is 5.36. The van der Waals surface area contributed by atoms with E-state index < -0.39 is 22.9 Å². The summed E-state index contributed by atoms with van der Waals surface area (Å²) in [4.78, 5) is 0. The Morgan fingerprint density at radius 2 is 1.12 bits per heavy atom. The van der Waals surface area contributed by atoms with Crippen molar-refractivity contribution in [1.29, 1.82) is 0 Å². The molecule has 0 bridgehead atoms. The molecule has 0 amide bonds. The zero-order valence-corrected chi connectivity index (χ0v) is 12.3. The first-order valence-corrected chi connectivity index (χ1v) is 9.30. The van der Waals surface area contributed by atoms with Crippen molar-refractivity contribution >= 4 is 17.4 Å². The molecule has 0 aliphatic carbocycles. The number of hydrogen-bond acceptors (Lipinski definition) is 3. The monoisotopic (exact) mass is 296 g/mol. The SMILES string of the molecule is CC[P+](CC)(CC)CC.O=S(=O)([O-])C(F)(F)F. The van der Waals surface area contributed by atoms with E-state index in [1.165, 1.54) is 24.6 Å². The van der Waals surface area contributed by atoms with Gasteiger partial charge in [-0.05, 0) is 27.7 Å². The van der Waals surface area contributed by atoms with Crippen LogP contribution in [0.15, 0.2) is 0 Å². The van der Waals surface area contributed by atoms with E-state index >= 15 is 0 Å². The van der Waals surface area contributed by atoms with Crippen molar-refractivity contribution in [2.75, 3.05) is 24.6 Å². The molecule has 0 aromatic carbocycles. The third kappa shape index (κ3) is 7.21. The van der Waals surface area contributed by atoms with Crippen LogP contribution in [0.5, 0.6) is 0 Å². The standard InChI is InChI=1S/C8H20P.CHF3O3S/c1-5-9(6-2,7-3)8-4;2-1(3,4)8(5,6)7/h5-8H2,1-4H3;(H,5,6,7)/q+1;/p-1. The molecule has 0 atom stereocenters. The van der Waals surface area contributed by atoms with Gasteiger partial charge in [-0.1, -0.05) is 0 Å². The molecule has 0 heterocycles. The maximum atomic E-state index is 10.7. The van der Waals surface area contributed by atoms with Gasteiger partial charge >= 0.3 is 5.51 Å². The van der Waals surface area contributed by atoms with Crippen molar-refractivity contribution in [3.05, 3.63) is 0 Å². The van der Waals surface area contributed by atoms with Gasteiger partial charge in [-0.2, -0.15) is 13.2 Å². The average molecular weight is 296 g/mol. The van der Waals surface area contributed by atoms with E-state index in [4.69, 9.17) is 13.0 Å². The van der Waals surface area contributed by atoms with Gasteiger partial charge in [0.2, 0.25) is 0 Å². The molecule has 17 heavy (non-hydrogen) atoms. The maximum absolute atomic E-state index is 10.7. The van der Waals surface area contributed by atoms with Crippen LogP contribution in [-0.2, 0) is 10.1 Å². The molecule has 0 fully saturated rings. The lowest BCUT2D eigenvalue weighted by atomic mass is 10.9. The molecular formula is C9H20F3O3PS. The van der Waals surface area contributed by atoms with Gasteiger partial charge in [-0.3, -0.25) is 0 Å². The molecular weight excluding hydrogens is 276 g/mol. The smallest absolute Gasteiger partial charge is 0.485 e. The van der Waals surface area contributed by atoms with E-state index in [9.17, 15) is 13.2 Å². The van der Waals surface area contributed by atoms with Gasteiger partial charge in [0.1, 0.15) is 0 Å². The lowest BCUT2D eigenvalue weighted by Gasteiger charge is -2.20. The molecule has 0 radical (unpaired) electrons. The Morgan fingerprint density at radius 3 is 1.12 bits per heavy atom. The summed E-state index contributed by atoms with van der Waals surface area (Å²) >= 11 is 0. The second kappa shape index (κ2) is 7.54. The summed E-state index contributed by atoms with van der Waals surface area (Å²) in [6.07, 6.45) is 5.82. The quantitative estimate of drug-likeness (QED) is 0.455. The fraction of sp³-hybridized carbons (Fsp3) is 1.00. The van der Waals surface area contributed by atoms with Crippen LogP contribution in [0, 0.1) is 0 Å². The molecule has 0 saturated carbocycles. The molecule has 0 aliphatic heterocycles. The van der Waals surface area contributed by atoms with Crippen molar-refractivity contribution in [2.24, 2.45) is 0 Å². The summed E-state index contributed by atoms with van der Waals surface area (Å²) in [5.41, 5.74) is -5.65. The minimum absolute atomic E-state index is 0.420. The van der Waals surface area contributed by atoms with Crippen LogP contribution in [-0.4, -0.2) is 43.1 Å². The molecule has 3 nitrogen and oxygen atoms in total. The van der Waals surface area contributed by atoms with Gasteiger partial charge in [-0.15, -0.1) is 0 Å². The fourth-order valence-electron chi connectivity index (χ4n) is 1.34. The fourth-order valence-corrected chi connectivity index (χ4v) is 4.02. The molecule has 0 aromatic heterocycles. The highest BCUT2D eigenvalue weighted by Gasteiger charge is 2.36. The minimum Gasteiger partial charge on any atom is -0.741 e. The van der Waals surface area contributed by atoms with Gasteiger partial charge in [0.25, 0.3) is 0 Å². The molecule has 0 N–H and O–H groups in total. The number of rotatable bonds is 4. The molecule has 0 rings (SSSR count). The first kappa shape index (κ1) is 19.5. The Labute approximate surface area is 102 Å². The molecule has 0 unspecified atom stereocenters. The van der Waals surface area contributed by atoms with Crippen LogP contribution in [0.4, 0.5) is 13.2 Å². The maximum Gasteiger partial charge on any atom is 0.485 e. The number of alkyl halides is 3. The molecule has 0 aliphatic rings. The van der Waals surface area contributed by atoms with E-state index in [2.05, 4.69) is 27.7 Å². The van der Waals surface area contributed by atoms with Crippen molar-refractivity contribution in [3.8, 4) is 0 Å². The second-order valence-corrected chi connectivity index (χ2v) is 10.1. The average Bonchev–Trinajstić information content (AvgIpc) is 2.20. The molecule has 0 saturated heterocycles. The highest BCUT2D eigenvalue weighted by atomic mass is 32.2. The molecule has 106 valence electrons. The van der Waals surface area contributed by atoms with Crippen molar-refractivity contribution in [3.63, 3.8) is 0 Å². The molecule has 0 spiro atoms. The summed E-state index contributed by atoms with van der Waals surface area (Å²) in [5, 5.41) is 0. The third-order valence-corrected chi connectivity index (χ3v) is 8.90. The van der Waals surface area contributed by atoms with Gasteiger partial charge in [0.05, 0.1) is 24.6 Å². The van der Waals surface area contributed by atoms with E-state index in [1.54, 1.807) is 0 Å². The van der Waals surface area contributed by atoms with Gasteiger partial charge in [0, 0.05) is 7.26 Å². The third-order valence-electron chi connectivity index (χ3n) is 2.97. The number of hydrogen-bond donors (Lipinski definition) is 0. The largest absolute Gasteiger partial charge is 0.741 e. The summed E-state index contributed by atoms with van der Waals surface area (Å²) in [6, 6.07) is 0. The van der Waals surface area contributed by atoms with Crippen LogP contribution < -0.4 is 0 Å². The topological polar surface area (TPSA) is 57.2 Å². The van der Waals surface area contributed by atoms with Crippen LogP contribution >= 0.6 is 7.26 Å². The molecule has 0 aromatic rings. The Hall–Kier alpha value is 0.130. The summed E-state index contributed by atoms with van der Waals surface area (Å²) in [6.45, 7) is 9.41. The van der Waals surface area contributed by atoms with Crippen LogP contribution in [0.3, 0.4) is 0 Å². The van der Waals surface area contributed by atoms with Gasteiger partial charge in [0.15, 0.2) is 10.1 Å². The zero-order valence-electron chi connectivity index (χ0n) is 10.5. The van der Waals surface area contributed by atoms with Crippen molar-refractivity contribution < 1.29 is 26.1 Å². The van der Waals surface area contributed by atoms with Gasteiger partial charge < -0.3 is 4.55 Å². The summed E-state index contributed by atoms with van der Waals surface area (Å²) in [5.74, 6) is 0. The molecule has 8 heteroatoms. The number of halogens is 3. The lowest BCUT2D eigenvalue weighted by Crippen LogP contribution is -2.21. The Balaban J connectivity index is 0. The van der Waals surface area contributed by atoms with Crippen LogP contribution in [0.1, 0.15) is 27.7 Å². The normalized spacial score (nSPS) is 12.9. The van der Waals surface area contributed by atoms with Crippen LogP contribution in [0.2, 0.25) is 0 Å². The highest BCUT2D eigenvalue weighted by molar-refractivity contribution is 7.86. The highest BCUT2D eigenvalue weighted by Crippen LogP contribution is 2.57. The zero-order chi connectivity index (χ0) is 14.3. The van der Waals surface area contributed by atoms with E-state index in [1.807, 2.05) is 0 Å². The summed E-state index contributed by atoms with van der Waals surface area (Å²) in [7, 11) is -6.51. The van der Waals surface area contributed by atoms with Crippen LogP contribution in [0.25, 0.3) is 0 Å². The second-order valence-electron chi connectivity index (χ2n) is 3.51. The lowest BCUT2D eigenvalue weighted by molar-refractivity contribution is -0.0517. The first-order chi connectivity index (χ1) is 7.49. The Bertz CT molecular complexity index is 280. The summed E-state index contributed by atoms with van der Waals surface area (Å²) < 4.78 is 58.9. The van der Waals surface area contributed by atoms with Gasteiger partial charge in [-0.25, -0.2) is 8.42 Å². The van der Waals surface area contributed by atoms with E-state index in [0.29, 0.717) is 0 Å². The predicted molar refractivity (Wildman–Crippen MR) is 64.8 cm³/mol. The predicted octanol–water partition coefficient (Wildman–Crippen LogP) is 3.14. The Morgan fingerprint density at radius 1 is 0.941 bits per heavy atom. The Kier molecular flexibility index (Phi) is 8.63.